The van der Waals surface area contributed by atoms with E-state index in [9.17, 15) is 4.79 Å². The number of fused-ring (bicyclic) bond motifs is 1. The van der Waals surface area contributed by atoms with Gasteiger partial charge in [0.1, 0.15) is 0 Å². The normalized spacial score (nSPS) is 22.0. The number of nitrogens with zero attached hydrogens (tertiary/aromatic N) is 3. The van der Waals surface area contributed by atoms with Crippen LogP contribution in [0.3, 0.4) is 0 Å². The molecule has 2 heterocycles. The van der Waals surface area contributed by atoms with Gasteiger partial charge in [0, 0.05) is 19.6 Å². The molecule has 0 radical (unpaired) electrons. The molecule has 1 aromatic carbocycles. The third-order valence-electron chi connectivity index (χ3n) is 5.14. The Hall–Kier alpha value is -1.55. The minimum atomic E-state index is 0.264. The second-order valence-corrected chi connectivity index (χ2v) is 6.91. The van der Waals surface area contributed by atoms with E-state index in [2.05, 4.69) is 34.1 Å². The van der Waals surface area contributed by atoms with Gasteiger partial charge in [-0.1, -0.05) is 12.1 Å². The van der Waals surface area contributed by atoms with Crippen LogP contribution in [-0.4, -0.2) is 50.1 Å². The first-order valence-corrected chi connectivity index (χ1v) is 8.68. The van der Waals surface area contributed by atoms with E-state index in [-0.39, 0.29) is 5.91 Å². The monoisotopic (exact) mass is 299 g/mol. The lowest BCUT2D eigenvalue weighted by atomic mass is 10.1. The molecule has 0 N–H and O–H groups in total. The Kier molecular flexibility index (Phi) is 3.78. The number of hydrogen-bond donors (Lipinski definition) is 0. The van der Waals surface area contributed by atoms with Crippen molar-refractivity contribution in [3.63, 3.8) is 0 Å². The van der Waals surface area contributed by atoms with Crippen LogP contribution < -0.4 is 9.80 Å². The number of amides is 1. The topological polar surface area (TPSA) is 26.8 Å². The zero-order valence-corrected chi connectivity index (χ0v) is 13.2. The predicted octanol–water partition coefficient (Wildman–Crippen LogP) is 2.35. The lowest BCUT2D eigenvalue weighted by Crippen LogP contribution is -2.47. The Bertz CT molecular complexity index is 549. The summed E-state index contributed by atoms with van der Waals surface area (Å²) in [5.74, 6) is 1.14. The van der Waals surface area contributed by atoms with Crippen molar-refractivity contribution >= 4 is 17.3 Å². The Balaban J connectivity index is 1.51. The highest BCUT2D eigenvalue weighted by Gasteiger charge is 2.31. The van der Waals surface area contributed by atoms with Crippen LogP contribution in [0, 0.1) is 5.92 Å². The first-order chi connectivity index (χ1) is 10.8. The van der Waals surface area contributed by atoms with Crippen molar-refractivity contribution in [1.82, 2.24) is 4.90 Å². The highest BCUT2D eigenvalue weighted by atomic mass is 16.2. The zero-order valence-electron chi connectivity index (χ0n) is 13.2. The van der Waals surface area contributed by atoms with Gasteiger partial charge in [0.05, 0.1) is 17.9 Å². The van der Waals surface area contributed by atoms with E-state index in [0.717, 1.165) is 44.3 Å². The number of hydrogen-bond acceptors (Lipinski definition) is 3. The molecule has 2 aliphatic heterocycles. The first-order valence-electron chi connectivity index (χ1n) is 8.68. The maximum atomic E-state index is 12.7. The highest BCUT2D eigenvalue weighted by Crippen LogP contribution is 2.37. The molecule has 2 fully saturated rings. The highest BCUT2D eigenvalue weighted by molar-refractivity contribution is 5.99. The van der Waals surface area contributed by atoms with Crippen molar-refractivity contribution in [2.45, 2.75) is 25.7 Å². The maximum Gasteiger partial charge on any atom is 0.241 e. The minimum Gasteiger partial charge on any atom is -0.368 e. The van der Waals surface area contributed by atoms with Gasteiger partial charge in [-0.25, -0.2) is 0 Å². The number of para-hydroxylation sites is 2. The summed E-state index contributed by atoms with van der Waals surface area (Å²) in [5, 5.41) is 0. The van der Waals surface area contributed by atoms with Gasteiger partial charge >= 0.3 is 0 Å². The molecule has 118 valence electrons. The summed E-state index contributed by atoms with van der Waals surface area (Å²) in [6, 6.07) is 8.42. The van der Waals surface area contributed by atoms with Crippen LogP contribution in [0.2, 0.25) is 0 Å². The molecule has 4 nitrogen and oxygen atoms in total. The smallest absolute Gasteiger partial charge is 0.241 e. The molecule has 4 rings (SSSR count). The average Bonchev–Trinajstić information content (AvgIpc) is 3.21. The minimum absolute atomic E-state index is 0.264. The number of benzene rings is 1. The summed E-state index contributed by atoms with van der Waals surface area (Å²) in [4.78, 5) is 19.5. The SMILES string of the molecule is O=C(CN1CCCC1)N1CCN(CC2CC2)c2ccccc21. The van der Waals surface area contributed by atoms with Crippen molar-refractivity contribution in [2.24, 2.45) is 5.92 Å². The third kappa shape index (κ3) is 2.84. The summed E-state index contributed by atoms with van der Waals surface area (Å²) < 4.78 is 0. The molecular weight excluding hydrogens is 274 g/mol. The van der Waals surface area contributed by atoms with Crippen LogP contribution >= 0.6 is 0 Å². The third-order valence-corrected chi connectivity index (χ3v) is 5.14. The van der Waals surface area contributed by atoms with Crippen molar-refractivity contribution in [3.05, 3.63) is 24.3 Å². The first kappa shape index (κ1) is 14.1. The van der Waals surface area contributed by atoms with Crippen LogP contribution in [-0.2, 0) is 4.79 Å². The summed E-state index contributed by atoms with van der Waals surface area (Å²) in [5.41, 5.74) is 2.36. The largest absolute Gasteiger partial charge is 0.368 e. The van der Waals surface area contributed by atoms with Gasteiger partial charge in [-0.05, 0) is 56.8 Å². The molecule has 3 aliphatic rings. The Morgan fingerprint density at radius 2 is 1.73 bits per heavy atom. The van der Waals surface area contributed by atoms with E-state index >= 15 is 0 Å². The van der Waals surface area contributed by atoms with Crippen LogP contribution in [0.5, 0.6) is 0 Å². The molecule has 1 aromatic rings. The fraction of sp³-hybridized carbons (Fsp3) is 0.611. The van der Waals surface area contributed by atoms with Gasteiger partial charge in [-0.2, -0.15) is 0 Å². The molecule has 1 saturated heterocycles. The fourth-order valence-electron chi connectivity index (χ4n) is 3.70. The Morgan fingerprint density at radius 3 is 2.45 bits per heavy atom. The van der Waals surface area contributed by atoms with Crippen LogP contribution in [0.1, 0.15) is 25.7 Å². The average molecular weight is 299 g/mol. The molecule has 1 amide bonds. The van der Waals surface area contributed by atoms with E-state index in [1.165, 1.54) is 31.4 Å². The van der Waals surface area contributed by atoms with E-state index in [1.54, 1.807) is 0 Å². The van der Waals surface area contributed by atoms with Gasteiger partial charge in [0.25, 0.3) is 0 Å². The molecule has 0 bridgehead atoms. The number of carbonyl (C=O) groups is 1. The standard InChI is InChI=1S/C18H25N3O/c22-18(14-19-9-3-4-10-19)21-12-11-20(13-15-7-8-15)16-5-1-2-6-17(16)21/h1-2,5-6,15H,3-4,7-14H2. The van der Waals surface area contributed by atoms with Gasteiger partial charge < -0.3 is 9.80 Å². The molecule has 4 heteroatoms. The van der Waals surface area contributed by atoms with Crippen LogP contribution in [0.25, 0.3) is 0 Å². The second kappa shape index (κ2) is 5.92. The zero-order chi connectivity index (χ0) is 14.9. The van der Waals surface area contributed by atoms with Gasteiger partial charge in [-0.15, -0.1) is 0 Å². The van der Waals surface area contributed by atoms with Gasteiger partial charge in [0.2, 0.25) is 5.91 Å². The molecule has 22 heavy (non-hydrogen) atoms. The maximum absolute atomic E-state index is 12.7. The molecule has 1 aliphatic carbocycles. The lowest BCUT2D eigenvalue weighted by molar-refractivity contribution is -0.119. The molecular formula is C18H25N3O. The van der Waals surface area contributed by atoms with E-state index in [1.807, 2.05) is 4.90 Å². The summed E-state index contributed by atoms with van der Waals surface area (Å²) in [6.45, 7) is 5.70. The van der Waals surface area contributed by atoms with Crippen molar-refractivity contribution < 1.29 is 4.79 Å². The molecule has 0 atom stereocenters. The van der Waals surface area contributed by atoms with Crippen LogP contribution in [0.15, 0.2) is 24.3 Å². The summed E-state index contributed by atoms with van der Waals surface area (Å²) >= 11 is 0. The lowest BCUT2D eigenvalue weighted by Gasteiger charge is -2.38. The van der Waals surface area contributed by atoms with Crippen molar-refractivity contribution in [1.29, 1.82) is 0 Å². The van der Waals surface area contributed by atoms with E-state index in [4.69, 9.17) is 0 Å². The summed E-state index contributed by atoms with van der Waals surface area (Å²) in [7, 11) is 0. The van der Waals surface area contributed by atoms with Crippen molar-refractivity contribution in [3.8, 4) is 0 Å². The van der Waals surface area contributed by atoms with Crippen LogP contribution in [0.4, 0.5) is 11.4 Å². The van der Waals surface area contributed by atoms with Gasteiger partial charge in [0.15, 0.2) is 0 Å². The van der Waals surface area contributed by atoms with E-state index < -0.39 is 0 Å². The molecule has 0 spiro atoms. The van der Waals surface area contributed by atoms with Gasteiger partial charge in [-0.3, -0.25) is 9.69 Å². The molecule has 0 aromatic heterocycles. The number of likely N-dealkylation sites (tertiary alicyclic amines) is 1. The quantitative estimate of drug-likeness (QED) is 0.854. The number of anilines is 2. The number of carbonyl (C=O) groups excluding carboxylic acids is 1. The number of rotatable bonds is 4. The predicted molar refractivity (Wildman–Crippen MR) is 89.4 cm³/mol. The second-order valence-electron chi connectivity index (χ2n) is 6.91. The van der Waals surface area contributed by atoms with E-state index in [0.29, 0.717) is 6.54 Å². The molecule has 1 saturated carbocycles. The Labute approximate surface area is 132 Å². The Morgan fingerprint density at radius 1 is 1.00 bits per heavy atom. The molecule has 0 unspecified atom stereocenters. The van der Waals surface area contributed by atoms with Crippen molar-refractivity contribution in [2.75, 3.05) is 49.1 Å². The summed E-state index contributed by atoms with van der Waals surface area (Å²) in [6.07, 6.45) is 5.21. The fourth-order valence-corrected chi connectivity index (χ4v) is 3.70.